The molecule has 13 heteroatoms. The monoisotopic (exact) mass is 785 g/mol. The van der Waals surface area contributed by atoms with Gasteiger partial charge in [-0.3, -0.25) is 9.69 Å². The molecule has 55 heavy (non-hydrogen) atoms. The number of halogens is 4. The van der Waals surface area contributed by atoms with Crippen LogP contribution in [0, 0.1) is 22.7 Å². The maximum absolute atomic E-state index is 13.2. The van der Waals surface area contributed by atoms with Crippen molar-refractivity contribution in [2.45, 2.75) is 63.3 Å². The van der Waals surface area contributed by atoms with Crippen molar-refractivity contribution in [1.82, 2.24) is 15.5 Å². The molecule has 0 spiro atoms. The number of rotatable bonds is 15. The Morgan fingerprint density at radius 3 is 2.40 bits per heavy atom. The number of ether oxygens (including phenoxy) is 3. The summed E-state index contributed by atoms with van der Waals surface area (Å²) in [5, 5.41) is 26.2. The molecule has 7 rings (SSSR count). The normalized spacial score (nSPS) is 18.5. The van der Waals surface area contributed by atoms with E-state index in [2.05, 4.69) is 22.8 Å². The molecule has 2 fully saturated rings. The maximum atomic E-state index is 13.2. The number of nitrogens with zero attached hydrogens (tertiary/aromatic N) is 3. The minimum atomic E-state index is -2.58. The van der Waals surface area contributed by atoms with E-state index in [1.165, 1.54) is 6.07 Å². The second kappa shape index (κ2) is 16.8. The van der Waals surface area contributed by atoms with E-state index in [9.17, 15) is 24.1 Å². The molecule has 0 bridgehead atoms. The third-order valence-corrected chi connectivity index (χ3v) is 10.8. The first-order chi connectivity index (χ1) is 26.6. The summed E-state index contributed by atoms with van der Waals surface area (Å²) >= 11 is 13.8. The van der Waals surface area contributed by atoms with Gasteiger partial charge < -0.3 is 24.8 Å². The van der Waals surface area contributed by atoms with Crippen molar-refractivity contribution in [3.8, 4) is 40.5 Å². The van der Waals surface area contributed by atoms with Gasteiger partial charge in [-0.1, -0.05) is 53.5 Å². The van der Waals surface area contributed by atoms with Crippen LogP contribution in [0.15, 0.2) is 66.7 Å². The van der Waals surface area contributed by atoms with E-state index in [1.807, 2.05) is 42.5 Å². The number of nitriles is 2. The zero-order valence-electron chi connectivity index (χ0n) is 30.0. The quantitative estimate of drug-likeness (QED) is 0.116. The number of fused-ring (bicyclic) bond motifs is 1. The highest BCUT2D eigenvalue weighted by atomic mass is 35.5. The highest BCUT2D eigenvalue weighted by Crippen LogP contribution is 2.45. The SMILES string of the molecule is N#Cc1cc(C#N)cc(COc2cc(O[C@H]3CCc4c(-c5cccc(OCCCN6CC(F)(F)C6)c5Cl)cccc43)c(Cl)cc2CNC[C@H]2CCC(=O)N2)c1. The largest absolute Gasteiger partial charge is 0.492 e. The van der Waals surface area contributed by atoms with Crippen molar-refractivity contribution >= 4 is 29.1 Å². The molecule has 284 valence electrons. The highest BCUT2D eigenvalue weighted by Gasteiger charge is 2.43. The summed E-state index contributed by atoms with van der Waals surface area (Å²) in [6.07, 6.45) is 3.04. The van der Waals surface area contributed by atoms with Crippen LogP contribution in [0.3, 0.4) is 0 Å². The lowest BCUT2D eigenvalue weighted by atomic mass is 9.96. The zero-order valence-corrected chi connectivity index (χ0v) is 31.5. The van der Waals surface area contributed by atoms with E-state index >= 15 is 0 Å². The van der Waals surface area contributed by atoms with Gasteiger partial charge in [0.15, 0.2) is 0 Å². The van der Waals surface area contributed by atoms with E-state index in [0.717, 1.165) is 40.7 Å². The van der Waals surface area contributed by atoms with Gasteiger partial charge in [-0.2, -0.15) is 10.5 Å². The number of alkyl halides is 2. The second-order valence-corrected chi connectivity index (χ2v) is 14.9. The number of nitrogens with one attached hydrogen (secondary N) is 2. The van der Waals surface area contributed by atoms with Gasteiger partial charge in [0.1, 0.15) is 30.0 Å². The van der Waals surface area contributed by atoms with Crippen molar-refractivity contribution in [3.63, 3.8) is 0 Å². The summed E-state index contributed by atoms with van der Waals surface area (Å²) in [6.45, 7) is 1.60. The van der Waals surface area contributed by atoms with E-state index < -0.39 is 5.92 Å². The lowest BCUT2D eigenvalue weighted by Crippen LogP contribution is -2.56. The molecule has 4 aromatic carbocycles. The molecule has 3 aliphatic rings. The molecule has 0 aromatic heterocycles. The van der Waals surface area contributed by atoms with Crippen LogP contribution in [0.1, 0.15) is 65.2 Å². The lowest BCUT2D eigenvalue weighted by Gasteiger charge is -2.38. The molecule has 2 N–H and O–H groups in total. The smallest absolute Gasteiger partial charge is 0.272 e. The Labute approximate surface area is 328 Å². The standard InChI is InChI=1S/C42H39Cl2F2N5O4/c43-35-17-29(21-49-22-30-8-11-40(52)50-30)38(54-23-28-15-26(19-47)14-27(16-28)20-48)18-39(35)55-36-10-9-32-31(4-1-5-33(32)36)34-6-2-7-37(41(34)44)53-13-3-12-51-24-42(45,46)25-51/h1-2,4-7,14-18,30,36,49H,3,8-13,21-25H2,(H,50,52)/t30-,36+/m1/s1. The molecule has 0 radical (unpaired) electrons. The molecule has 1 amide bonds. The van der Waals surface area contributed by atoms with Crippen molar-refractivity contribution < 1.29 is 27.8 Å². The average Bonchev–Trinajstić information content (AvgIpc) is 3.78. The number of carbonyl (C=O) groups excluding carboxylic acids is 1. The summed E-state index contributed by atoms with van der Waals surface area (Å²) in [4.78, 5) is 13.4. The van der Waals surface area contributed by atoms with Crippen LogP contribution in [0.25, 0.3) is 11.1 Å². The van der Waals surface area contributed by atoms with Crippen LogP contribution in [0.4, 0.5) is 8.78 Å². The first kappa shape index (κ1) is 38.4. The van der Waals surface area contributed by atoms with Gasteiger partial charge in [-0.25, -0.2) is 8.78 Å². The number of carbonyl (C=O) groups is 1. The molecule has 0 saturated carbocycles. The number of hydrogen-bond acceptors (Lipinski definition) is 8. The maximum Gasteiger partial charge on any atom is 0.272 e. The predicted molar refractivity (Wildman–Crippen MR) is 205 cm³/mol. The van der Waals surface area contributed by atoms with E-state index in [4.69, 9.17) is 37.4 Å². The summed E-state index contributed by atoms with van der Waals surface area (Å²) in [5.74, 6) is -1.01. The van der Waals surface area contributed by atoms with E-state index in [1.54, 1.807) is 23.1 Å². The fraction of sp³-hybridized carbons (Fsp3) is 0.357. The Balaban J connectivity index is 1.07. The van der Waals surface area contributed by atoms with Crippen LogP contribution in [-0.4, -0.2) is 55.6 Å². The van der Waals surface area contributed by atoms with Gasteiger partial charge in [0.2, 0.25) is 5.91 Å². The molecule has 2 saturated heterocycles. The summed E-state index contributed by atoms with van der Waals surface area (Å²) in [7, 11) is 0. The number of hydrogen-bond donors (Lipinski definition) is 2. The molecule has 1 aliphatic carbocycles. The molecule has 4 aromatic rings. The third kappa shape index (κ3) is 9.15. The van der Waals surface area contributed by atoms with Crippen molar-refractivity contribution in [3.05, 3.63) is 110 Å². The van der Waals surface area contributed by atoms with E-state index in [-0.39, 0.29) is 37.7 Å². The van der Waals surface area contributed by atoms with Gasteiger partial charge in [0.05, 0.1) is 53.0 Å². The lowest BCUT2D eigenvalue weighted by molar-refractivity contribution is -0.130. The number of likely N-dealkylation sites (tertiary alicyclic amines) is 1. The Hall–Kier alpha value is -4.91. The summed E-state index contributed by atoms with van der Waals surface area (Å²) in [6, 6.07) is 24.5. The van der Waals surface area contributed by atoms with Crippen molar-refractivity contribution in [2.24, 2.45) is 0 Å². The fourth-order valence-corrected chi connectivity index (χ4v) is 7.94. The second-order valence-electron chi connectivity index (χ2n) is 14.2. The van der Waals surface area contributed by atoms with Crippen molar-refractivity contribution in [1.29, 1.82) is 10.5 Å². The van der Waals surface area contributed by atoms with Gasteiger partial charge >= 0.3 is 0 Å². The van der Waals surface area contributed by atoms with Gasteiger partial charge in [-0.15, -0.1) is 0 Å². The Bertz CT molecular complexity index is 2130. The molecule has 2 atom stereocenters. The zero-order chi connectivity index (χ0) is 38.5. The first-order valence-electron chi connectivity index (χ1n) is 18.3. The molecule has 0 unspecified atom stereocenters. The van der Waals surface area contributed by atoms with Gasteiger partial charge in [0, 0.05) is 49.3 Å². The average molecular weight is 787 g/mol. The summed E-state index contributed by atoms with van der Waals surface area (Å²) in [5.41, 5.74) is 6.14. The third-order valence-electron chi connectivity index (χ3n) is 10.1. The minimum Gasteiger partial charge on any atom is -0.492 e. The predicted octanol–water partition coefficient (Wildman–Crippen LogP) is 8.14. The molecular formula is C42H39Cl2F2N5O4. The fourth-order valence-electron chi connectivity index (χ4n) is 7.43. The number of amides is 1. The summed E-state index contributed by atoms with van der Waals surface area (Å²) < 4.78 is 45.3. The Kier molecular flexibility index (Phi) is 11.8. The first-order valence-corrected chi connectivity index (χ1v) is 19.0. The van der Waals surface area contributed by atoms with Crippen LogP contribution in [-0.2, 0) is 24.4 Å². The molecule has 2 aliphatic heterocycles. The van der Waals surface area contributed by atoms with Gasteiger partial charge in [0.25, 0.3) is 5.92 Å². The Morgan fingerprint density at radius 1 is 0.909 bits per heavy atom. The van der Waals surface area contributed by atoms with Crippen LogP contribution in [0.5, 0.6) is 17.2 Å². The Morgan fingerprint density at radius 2 is 1.67 bits per heavy atom. The highest BCUT2D eigenvalue weighted by molar-refractivity contribution is 6.35. The number of benzene rings is 4. The molecular weight excluding hydrogens is 747 g/mol. The topological polar surface area (TPSA) is 120 Å². The molecule has 2 heterocycles. The van der Waals surface area contributed by atoms with E-state index in [0.29, 0.717) is 89.5 Å². The molecule has 9 nitrogen and oxygen atoms in total. The van der Waals surface area contributed by atoms with Crippen LogP contribution >= 0.6 is 23.2 Å². The van der Waals surface area contributed by atoms with Crippen molar-refractivity contribution in [2.75, 3.05) is 32.8 Å². The van der Waals surface area contributed by atoms with Crippen LogP contribution in [0.2, 0.25) is 10.0 Å². The van der Waals surface area contributed by atoms with Gasteiger partial charge in [-0.05, 0) is 78.3 Å². The minimum absolute atomic E-state index is 0.0470. The van der Waals surface area contributed by atoms with Crippen LogP contribution < -0.4 is 24.8 Å².